The van der Waals surface area contributed by atoms with Gasteiger partial charge in [-0.3, -0.25) is 18.4 Å². The van der Waals surface area contributed by atoms with Crippen LogP contribution in [0.25, 0.3) is 0 Å². The van der Waals surface area contributed by atoms with Gasteiger partial charge in [-0.25, -0.2) is 13.9 Å². The van der Waals surface area contributed by atoms with E-state index >= 15 is 0 Å². The number of unbranched alkanes of at least 4 members (excludes halogenated alkanes) is 12. The minimum atomic E-state index is -5.32. The first-order chi connectivity index (χ1) is 24.6. The monoisotopic (exact) mass is 805 g/mol. The Morgan fingerprint density at radius 1 is 0.698 bits per heavy atom. The molecule has 53 heavy (non-hydrogen) atoms. The Bertz CT molecular complexity index is 1440. The fourth-order valence-electron chi connectivity index (χ4n) is 5.02. The number of phosphoric acid groups is 2. The molecule has 0 aromatic heterocycles. The normalized spacial score (nSPS) is 22.4. The number of hydrogen-bond acceptors (Lipinski definition) is 14. The topological polar surface area (TPSA) is 291 Å². The van der Waals surface area contributed by atoms with Gasteiger partial charge in [0.15, 0.2) is 6.10 Å². The molecule has 0 bridgehead atoms. The Morgan fingerprint density at radius 3 is 1.64 bits per heavy atom. The summed E-state index contributed by atoms with van der Waals surface area (Å²) in [5.74, 6) is 13.4. The van der Waals surface area contributed by atoms with E-state index in [1.165, 1.54) is 44.9 Å². The standard InChI is InChI=1S/C34H50O16P2.H3N.6H2/c1-3-5-7-9-11-12-13-14-15-16-17-19-21-23-28(36)48-26(24-46-27(35)22-20-18-10-8-6-4-2)25-47-52(44,45)50-34-31(39)29(37)33(30(38)32(34)40)49-51(41,42)43;;;;;;;/h2,26,29-34,37-40H,3,5,7,9,11-17,19,21,23-25H2,1H3,(H,44,45)(H2,41,42,43);1H3;6*1H/t26-,29+,30?,31?,32+,33?,34?;;;;;;;/m1......./s1. The predicted molar refractivity (Wildman–Crippen MR) is 203 cm³/mol. The molecule has 8 atom stereocenters. The molecule has 0 aromatic carbocycles. The molecule has 5 unspecified atom stereocenters. The molecule has 1 saturated carbocycles. The first-order valence-corrected chi connectivity index (χ1v) is 20.1. The number of rotatable bonds is 24. The summed E-state index contributed by atoms with van der Waals surface area (Å²) in [6, 6.07) is 0. The van der Waals surface area contributed by atoms with Gasteiger partial charge in [-0.1, -0.05) is 84.0 Å². The summed E-state index contributed by atoms with van der Waals surface area (Å²) in [5.41, 5.74) is 0. The van der Waals surface area contributed by atoms with E-state index in [2.05, 4.69) is 41.0 Å². The number of hydrogen-bond donors (Lipinski definition) is 8. The van der Waals surface area contributed by atoms with Gasteiger partial charge in [0.25, 0.3) is 0 Å². The van der Waals surface area contributed by atoms with Crippen molar-refractivity contribution in [2.45, 2.75) is 140 Å². The Morgan fingerprint density at radius 2 is 1.15 bits per heavy atom. The van der Waals surface area contributed by atoms with Gasteiger partial charge in [0, 0.05) is 20.9 Å². The largest absolute Gasteiger partial charge is 0.472 e. The van der Waals surface area contributed by atoms with Crippen molar-refractivity contribution in [1.82, 2.24) is 6.15 Å². The zero-order chi connectivity index (χ0) is 39.0. The van der Waals surface area contributed by atoms with Gasteiger partial charge >= 0.3 is 27.6 Å². The average Bonchev–Trinajstić information content (AvgIpc) is 3.08. The van der Waals surface area contributed by atoms with Crippen molar-refractivity contribution in [3.8, 4) is 47.9 Å². The molecule has 0 saturated heterocycles. The molecule has 312 valence electrons. The molecule has 0 aliphatic heterocycles. The highest BCUT2D eigenvalue weighted by Crippen LogP contribution is 2.48. The van der Waals surface area contributed by atoms with Crippen molar-refractivity contribution in [3.05, 3.63) is 0 Å². The molecule has 0 radical (unpaired) electrons. The van der Waals surface area contributed by atoms with Crippen molar-refractivity contribution < 1.29 is 85.4 Å². The second-order valence-corrected chi connectivity index (χ2v) is 14.6. The highest BCUT2D eigenvalue weighted by atomic mass is 31.2. The van der Waals surface area contributed by atoms with Crippen molar-refractivity contribution >= 4 is 27.6 Å². The van der Waals surface area contributed by atoms with E-state index in [0.29, 0.717) is 6.42 Å². The van der Waals surface area contributed by atoms with Crippen molar-refractivity contribution in [1.29, 1.82) is 0 Å². The molecule has 1 aliphatic rings. The van der Waals surface area contributed by atoms with E-state index in [9.17, 15) is 44.0 Å². The van der Waals surface area contributed by atoms with Crippen LogP contribution in [-0.2, 0) is 41.8 Å². The maximum atomic E-state index is 12.7. The summed E-state index contributed by atoms with van der Waals surface area (Å²) in [7, 11) is -10.6. The minimum Gasteiger partial charge on any atom is -0.456 e. The summed E-state index contributed by atoms with van der Waals surface area (Å²) in [4.78, 5) is 52.9. The van der Waals surface area contributed by atoms with Gasteiger partial charge in [0.05, 0.1) is 6.61 Å². The van der Waals surface area contributed by atoms with Crippen molar-refractivity contribution in [2.24, 2.45) is 0 Å². The summed E-state index contributed by atoms with van der Waals surface area (Å²) in [6.07, 6.45) is 4.08. The molecule has 1 rings (SSSR count). The number of phosphoric ester groups is 2. The highest BCUT2D eigenvalue weighted by Gasteiger charge is 2.54. The van der Waals surface area contributed by atoms with Crippen LogP contribution in [0.15, 0.2) is 0 Å². The van der Waals surface area contributed by atoms with Gasteiger partial charge in [0.1, 0.15) is 43.2 Å². The van der Waals surface area contributed by atoms with Crippen LogP contribution in [0, 0.1) is 47.9 Å². The molecule has 1 aliphatic carbocycles. The number of carbonyl (C=O) groups is 2. The number of ether oxygens (including phenoxy) is 2. The second-order valence-electron chi connectivity index (χ2n) is 12.0. The maximum absolute atomic E-state index is 12.7. The third-order valence-electron chi connectivity index (χ3n) is 7.65. The Balaban J connectivity index is -0.000000773. The van der Waals surface area contributed by atoms with E-state index in [0.717, 1.165) is 32.1 Å². The first-order valence-electron chi connectivity index (χ1n) is 17.1. The average molecular weight is 806 g/mol. The first kappa shape index (κ1) is 50.2. The number of carbonyl (C=O) groups excluding carboxylic acids is 2. The third kappa shape index (κ3) is 22.9. The lowest BCUT2D eigenvalue weighted by atomic mass is 9.85. The van der Waals surface area contributed by atoms with Gasteiger partial charge in [0.2, 0.25) is 0 Å². The molecular formula is C34H65NO16P2. The highest BCUT2D eigenvalue weighted by molar-refractivity contribution is 7.47. The van der Waals surface area contributed by atoms with Gasteiger partial charge < -0.3 is 50.7 Å². The van der Waals surface area contributed by atoms with E-state index < -0.39 is 83.5 Å². The lowest BCUT2D eigenvalue weighted by molar-refractivity contribution is -0.216. The Labute approximate surface area is 319 Å². The molecule has 10 N–H and O–H groups in total. The van der Waals surface area contributed by atoms with Crippen LogP contribution in [0.4, 0.5) is 0 Å². The number of terminal acetylenes is 1. The van der Waals surface area contributed by atoms with Crippen molar-refractivity contribution in [2.75, 3.05) is 13.2 Å². The number of aliphatic hydroxyl groups excluding tert-OH is 4. The number of aliphatic hydroxyl groups is 4. The Hall–Kier alpha value is -2.80. The van der Waals surface area contributed by atoms with Crippen LogP contribution in [0.1, 0.15) is 105 Å². The molecular weight excluding hydrogens is 740 g/mol. The molecule has 1 fully saturated rings. The zero-order valence-corrected chi connectivity index (χ0v) is 31.6. The predicted octanol–water partition coefficient (Wildman–Crippen LogP) is 3.64. The quantitative estimate of drug-likeness (QED) is 0.0227. The van der Waals surface area contributed by atoms with Crippen LogP contribution in [0.3, 0.4) is 0 Å². The van der Waals surface area contributed by atoms with Crippen molar-refractivity contribution in [3.63, 3.8) is 0 Å². The SMILES string of the molecule is C#CC#CC#CC#CC(=O)OC[C@H](COP(=O)(O)OC1C(O)[C@H](O)C(OP(=O)(O)O)C(O)[C@@H]1O)OC(=O)CCCCCCCCCCCCCCC.N.[HH].[HH].[HH].[HH].[HH].[HH]. The molecule has 0 heterocycles. The van der Waals surface area contributed by atoms with Gasteiger partial charge in [-0.05, 0) is 41.9 Å². The molecule has 0 aromatic rings. The second kappa shape index (κ2) is 27.7. The van der Waals surface area contributed by atoms with Crippen LogP contribution in [-0.4, -0.2) is 103 Å². The summed E-state index contributed by atoms with van der Waals surface area (Å²) < 4.78 is 48.0. The van der Waals surface area contributed by atoms with E-state index in [-0.39, 0.29) is 21.1 Å². The molecule has 0 amide bonds. The summed E-state index contributed by atoms with van der Waals surface area (Å²) >= 11 is 0. The van der Waals surface area contributed by atoms with Crippen LogP contribution in [0.5, 0.6) is 0 Å². The van der Waals surface area contributed by atoms with E-state index in [1.54, 1.807) is 0 Å². The fraction of sp³-hybridized carbons (Fsp3) is 0.706. The molecule has 19 heteroatoms. The maximum Gasteiger partial charge on any atom is 0.472 e. The van der Waals surface area contributed by atoms with Gasteiger partial charge in [-0.15, -0.1) is 6.42 Å². The summed E-state index contributed by atoms with van der Waals surface area (Å²) in [5, 5.41) is 41.0. The number of esters is 2. The minimum absolute atomic E-state index is 0. The smallest absolute Gasteiger partial charge is 0.456 e. The van der Waals surface area contributed by atoms with Crippen LogP contribution >= 0.6 is 15.6 Å². The summed E-state index contributed by atoms with van der Waals surface area (Å²) in [6.45, 7) is 0.575. The lowest BCUT2D eigenvalue weighted by Crippen LogP contribution is -2.64. The zero-order valence-electron chi connectivity index (χ0n) is 29.8. The third-order valence-corrected chi connectivity index (χ3v) is 9.16. The molecule has 0 spiro atoms. The fourth-order valence-corrected chi connectivity index (χ4v) is 6.55. The van der Waals surface area contributed by atoms with E-state index in [4.69, 9.17) is 34.7 Å². The molecule has 17 nitrogen and oxygen atoms in total. The van der Waals surface area contributed by atoms with Crippen LogP contribution < -0.4 is 6.15 Å². The van der Waals surface area contributed by atoms with Gasteiger partial charge in [-0.2, -0.15) is 0 Å². The lowest BCUT2D eigenvalue weighted by Gasteiger charge is -2.43. The van der Waals surface area contributed by atoms with E-state index in [1.807, 2.05) is 11.8 Å². The van der Waals surface area contributed by atoms with Crippen LogP contribution in [0.2, 0.25) is 0 Å². The Kier molecular flexibility index (Phi) is 26.3.